The Balaban J connectivity index is 1.34. The van der Waals surface area contributed by atoms with E-state index in [2.05, 4.69) is 15.0 Å². The number of likely N-dealkylation sites (tertiary alicyclic amines) is 1. The fourth-order valence-electron chi connectivity index (χ4n) is 3.61. The monoisotopic (exact) mass is 376 g/mol. The van der Waals surface area contributed by atoms with Crippen molar-refractivity contribution >= 4 is 5.78 Å². The molecule has 1 aliphatic rings. The van der Waals surface area contributed by atoms with Gasteiger partial charge in [0.2, 0.25) is 0 Å². The summed E-state index contributed by atoms with van der Waals surface area (Å²) in [5, 5.41) is 4.14. The number of ether oxygens (including phenoxy) is 1. The molecule has 1 fully saturated rings. The van der Waals surface area contributed by atoms with Crippen molar-refractivity contribution in [2.45, 2.75) is 19.4 Å². The molecule has 3 aromatic rings. The summed E-state index contributed by atoms with van der Waals surface area (Å²) >= 11 is 0. The van der Waals surface area contributed by atoms with Crippen molar-refractivity contribution in [3.63, 3.8) is 0 Å². The van der Waals surface area contributed by atoms with E-state index in [4.69, 9.17) is 4.74 Å². The molecular formula is C22H24N4O2. The van der Waals surface area contributed by atoms with Crippen LogP contribution < -0.4 is 4.74 Å². The summed E-state index contributed by atoms with van der Waals surface area (Å²) in [6, 6.07) is 17.1. The van der Waals surface area contributed by atoms with E-state index in [-0.39, 0.29) is 11.7 Å². The van der Waals surface area contributed by atoms with Gasteiger partial charge in [-0.2, -0.15) is 5.10 Å². The Kier molecular flexibility index (Phi) is 5.77. The van der Waals surface area contributed by atoms with Crippen LogP contribution in [0, 0.1) is 5.92 Å². The summed E-state index contributed by atoms with van der Waals surface area (Å²) in [6.45, 7) is 3.52. The highest BCUT2D eigenvalue weighted by atomic mass is 16.5. The van der Waals surface area contributed by atoms with E-state index >= 15 is 0 Å². The Morgan fingerprint density at radius 3 is 2.57 bits per heavy atom. The minimum Gasteiger partial charge on any atom is -0.457 e. The molecule has 6 nitrogen and oxygen atoms in total. The van der Waals surface area contributed by atoms with Crippen LogP contribution in [0.4, 0.5) is 0 Å². The fraction of sp³-hybridized carbons (Fsp3) is 0.318. The van der Waals surface area contributed by atoms with E-state index in [1.807, 2.05) is 59.3 Å². The van der Waals surface area contributed by atoms with Crippen LogP contribution in [-0.4, -0.2) is 45.1 Å². The fourth-order valence-corrected chi connectivity index (χ4v) is 3.61. The van der Waals surface area contributed by atoms with E-state index in [0.29, 0.717) is 0 Å². The molecule has 0 spiro atoms. The standard InChI is InChI=1S/C22H24N4O2/c27-22(18-8-10-21(11-9-18)28-20-6-2-1-3-7-20)19-5-4-12-25(15-19)13-14-26-17-23-16-24-26/h1-3,6-11,16-17,19H,4-5,12-15H2. The Labute approximate surface area is 164 Å². The zero-order chi connectivity index (χ0) is 19.2. The first-order valence-electron chi connectivity index (χ1n) is 9.70. The van der Waals surface area contributed by atoms with E-state index in [1.54, 1.807) is 12.7 Å². The number of benzene rings is 2. The average Bonchev–Trinajstić information content (AvgIpc) is 3.27. The van der Waals surface area contributed by atoms with Gasteiger partial charge in [0.15, 0.2) is 5.78 Å². The molecule has 1 atom stereocenters. The molecule has 1 unspecified atom stereocenters. The third-order valence-electron chi connectivity index (χ3n) is 5.11. The minimum absolute atomic E-state index is 0.0467. The second-order valence-electron chi connectivity index (χ2n) is 7.10. The van der Waals surface area contributed by atoms with Crippen molar-refractivity contribution in [2.75, 3.05) is 19.6 Å². The average molecular weight is 376 g/mol. The molecule has 0 bridgehead atoms. The quantitative estimate of drug-likeness (QED) is 0.589. The molecule has 0 N–H and O–H groups in total. The summed E-state index contributed by atoms with van der Waals surface area (Å²) in [7, 11) is 0. The zero-order valence-corrected chi connectivity index (χ0v) is 15.8. The lowest BCUT2D eigenvalue weighted by atomic mass is 9.90. The second-order valence-corrected chi connectivity index (χ2v) is 7.10. The largest absolute Gasteiger partial charge is 0.457 e. The molecule has 2 heterocycles. The minimum atomic E-state index is 0.0467. The Morgan fingerprint density at radius 1 is 1.04 bits per heavy atom. The van der Waals surface area contributed by atoms with Gasteiger partial charge in [0, 0.05) is 24.6 Å². The van der Waals surface area contributed by atoms with Gasteiger partial charge in [0.25, 0.3) is 0 Å². The molecule has 2 aromatic carbocycles. The summed E-state index contributed by atoms with van der Waals surface area (Å²) in [4.78, 5) is 19.3. The molecule has 0 aliphatic carbocycles. The van der Waals surface area contributed by atoms with E-state index in [1.165, 1.54) is 0 Å². The lowest BCUT2D eigenvalue weighted by Gasteiger charge is -2.31. The van der Waals surface area contributed by atoms with Crippen LogP contribution in [0.25, 0.3) is 0 Å². The summed E-state index contributed by atoms with van der Waals surface area (Å²) in [6.07, 6.45) is 5.27. The van der Waals surface area contributed by atoms with Crippen LogP contribution in [-0.2, 0) is 6.54 Å². The number of nitrogens with zero attached hydrogens (tertiary/aromatic N) is 4. The molecule has 1 aliphatic heterocycles. The number of rotatable bonds is 7. The maximum atomic E-state index is 13.0. The Hall–Kier alpha value is -2.99. The molecule has 6 heteroatoms. The smallest absolute Gasteiger partial charge is 0.167 e. The zero-order valence-electron chi connectivity index (χ0n) is 15.8. The Bertz CT molecular complexity index is 879. The van der Waals surface area contributed by atoms with Crippen molar-refractivity contribution in [3.8, 4) is 11.5 Å². The molecular weight excluding hydrogens is 352 g/mol. The third-order valence-corrected chi connectivity index (χ3v) is 5.11. The van der Waals surface area contributed by atoms with Gasteiger partial charge in [0.05, 0.1) is 6.54 Å². The first-order chi connectivity index (χ1) is 13.8. The maximum Gasteiger partial charge on any atom is 0.167 e. The topological polar surface area (TPSA) is 60.2 Å². The number of hydrogen-bond donors (Lipinski definition) is 0. The highest BCUT2D eigenvalue weighted by molar-refractivity contribution is 5.98. The van der Waals surface area contributed by atoms with Crippen molar-refractivity contribution < 1.29 is 9.53 Å². The number of carbonyl (C=O) groups is 1. The molecule has 1 aromatic heterocycles. The van der Waals surface area contributed by atoms with Crippen molar-refractivity contribution in [1.82, 2.24) is 19.7 Å². The molecule has 28 heavy (non-hydrogen) atoms. The predicted molar refractivity (Wildman–Crippen MR) is 106 cm³/mol. The number of piperidine rings is 1. The first kappa shape index (κ1) is 18.4. The van der Waals surface area contributed by atoms with Gasteiger partial charge in [0.1, 0.15) is 24.2 Å². The van der Waals surface area contributed by atoms with E-state index in [9.17, 15) is 4.79 Å². The third kappa shape index (κ3) is 4.64. The van der Waals surface area contributed by atoms with Crippen LogP contribution in [0.2, 0.25) is 0 Å². The molecule has 144 valence electrons. The lowest BCUT2D eigenvalue weighted by Crippen LogP contribution is -2.40. The van der Waals surface area contributed by atoms with E-state index in [0.717, 1.165) is 56.1 Å². The van der Waals surface area contributed by atoms with Crippen LogP contribution in [0.3, 0.4) is 0 Å². The highest BCUT2D eigenvalue weighted by Gasteiger charge is 2.26. The number of para-hydroxylation sites is 1. The number of aromatic nitrogens is 3. The van der Waals surface area contributed by atoms with Crippen molar-refractivity contribution in [2.24, 2.45) is 5.92 Å². The predicted octanol–water partition coefficient (Wildman–Crippen LogP) is 3.67. The van der Waals surface area contributed by atoms with Crippen LogP contribution in [0.1, 0.15) is 23.2 Å². The van der Waals surface area contributed by atoms with Crippen molar-refractivity contribution in [1.29, 1.82) is 0 Å². The molecule has 0 saturated carbocycles. The Morgan fingerprint density at radius 2 is 1.82 bits per heavy atom. The summed E-state index contributed by atoms with van der Waals surface area (Å²) in [5.41, 5.74) is 0.753. The maximum absolute atomic E-state index is 13.0. The van der Waals surface area contributed by atoms with Gasteiger partial charge in [-0.25, -0.2) is 4.98 Å². The van der Waals surface area contributed by atoms with Gasteiger partial charge in [-0.05, 0) is 55.8 Å². The number of Topliss-reactive ketones (excluding diaryl/α,β-unsaturated/α-hetero) is 1. The SMILES string of the molecule is O=C(c1ccc(Oc2ccccc2)cc1)C1CCCN(CCn2cncn2)C1. The van der Waals surface area contributed by atoms with Crippen LogP contribution in [0.15, 0.2) is 67.3 Å². The summed E-state index contributed by atoms with van der Waals surface area (Å²) < 4.78 is 7.64. The van der Waals surface area contributed by atoms with Gasteiger partial charge < -0.3 is 9.64 Å². The van der Waals surface area contributed by atoms with Crippen molar-refractivity contribution in [3.05, 3.63) is 72.8 Å². The molecule has 0 amide bonds. The normalized spacial score (nSPS) is 17.4. The van der Waals surface area contributed by atoms with Crippen LogP contribution >= 0.6 is 0 Å². The number of carbonyl (C=O) groups excluding carboxylic acids is 1. The summed E-state index contributed by atoms with van der Waals surface area (Å²) in [5.74, 6) is 1.79. The molecule has 4 rings (SSSR count). The van der Waals surface area contributed by atoms with Gasteiger partial charge in [-0.1, -0.05) is 18.2 Å². The number of hydrogen-bond acceptors (Lipinski definition) is 5. The molecule has 1 saturated heterocycles. The van der Waals surface area contributed by atoms with Crippen LogP contribution in [0.5, 0.6) is 11.5 Å². The number of ketones is 1. The highest BCUT2D eigenvalue weighted by Crippen LogP contribution is 2.24. The lowest BCUT2D eigenvalue weighted by molar-refractivity contribution is 0.0815. The van der Waals surface area contributed by atoms with Gasteiger partial charge in [-0.3, -0.25) is 9.48 Å². The van der Waals surface area contributed by atoms with Gasteiger partial charge in [-0.15, -0.1) is 0 Å². The second kappa shape index (κ2) is 8.80. The first-order valence-corrected chi connectivity index (χ1v) is 9.70. The van der Waals surface area contributed by atoms with Gasteiger partial charge >= 0.3 is 0 Å². The van der Waals surface area contributed by atoms with E-state index < -0.39 is 0 Å². The molecule has 0 radical (unpaired) electrons.